The number of nitrogens with one attached hydrogen (secondary N) is 1. The Morgan fingerprint density at radius 1 is 1.08 bits per heavy atom. The van der Waals surface area contributed by atoms with Gasteiger partial charge in [0, 0.05) is 25.2 Å². The lowest BCUT2D eigenvalue weighted by molar-refractivity contribution is 0.0162. The molecular formula is C20H24N2O2. The van der Waals surface area contributed by atoms with E-state index in [4.69, 9.17) is 4.74 Å². The second kappa shape index (κ2) is 8.08. The average molecular weight is 324 g/mol. The predicted molar refractivity (Wildman–Crippen MR) is 95.1 cm³/mol. The second-order valence-corrected chi connectivity index (χ2v) is 6.15. The van der Waals surface area contributed by atoms with E-state index in [1.54, 1.807) is 0 Å². The number of hydrogen-bond donors (Lipinski definition) is 1. The average Bonchev–Trinajstić information content (AvgIpc) is 2.65. The Kier molecular flexibility index (Phi) is 5.62. The molecule has 0 radical (unpaired) electrons. The first-order valence-corrected chi connectivity index (χ1v) is 8.45. The lowest BCUT2D eigenvalue weighted by atomic mass is 10.0. The maximum atomic E-state index is 12.4. The van der Waals surface area contributed by atoms with Gasteiger partial charge in [0.15, 0.2) is 0 Å². The first kappa shape index (κ1) is 16.7. The minimum atomic E-state index is -0.0269. The highest BCUT2D eigenvalue weighted by atomic mass is 16.5. The molecule has 1 saturated heterocycles. The summed E-state index contributed by atoms with van der Waals surface area (Å²) in [6.07, 6.45) is 0. The molecule has 126 valence electrons. The van der Waals surface area contributed by atoms with Gasteiger partial charge in [0.2, 0.25) is 0 Å². The first-order chi connectivity index (χ1) is 11.7. The molecule has 1 atom stereocenters. The van der Waals surface area contributed by atoms with Crippen LogP contribution in [-0.4, -0.2) is 43.7 Å². The van der Waals surface area contributed by atoms with E-state index < -0.39 is 0 Å². The third-order valence-electron chi connectivity index (χ3n) is 4.44. The van der Waals surface area contributed by atoms with E-state index in [0.29, 0.717) is 12.1 Å². The van der Waals surface area contributed by atoms with Crippen molar-refractivity contribution in [3.63, 3.8) is 0 Å². The van der Waals surface area contributed by atoms with E-state index in [1.165, 1.54) is 11.1 Å². The maximum absolute atomic E-state index is 12.4. The summed E-state index contributed by atoms with van der Waals surface area (Å²) < 4.78 is 5.47. The summed E-state index contributed by atoms with van der Waals surface area (Å²) in [5, 5.41) is 3.09. The van der Waals surface area contributed by atoms with E-state index in [9.17, 15) is 4.79 Å². The standard InChI is InChI=1S/C20H24N2O2/c1-16-7-9-17(10-8-16)19(22-11-13-24-14-12-22)15-21-20(23)18-5-3-2-4-6-18/h2-10,19H,11-15H2,1H3,(H,21,23)/t19-/m1/s1. The van der Waals surface area contributed by atoms with Gasteiger partial charge < -0.3 is 10.1 Å². The predicted octanol–water partition coefficient (Wildman–Crippen LogP) is 2.80. The molecule has 1 N–H and O–H groups in total. The van der Waals surface area contributed by atoms with Crippen LogP contribution in [0.25, 0.3) is 0 Å². The fourth-order valence-corrected chi connectivity index (χ4v) is 3.02. The van der Waals surface area contributed by atoms with Crippen molar-refractivity contribution in [1.82, 2.24) is 10.2 Å². The van der Waals surface area contributed by atoms with Crippen LogP contribution < -0.4 is 5.32 Å². The van der Waals surface area contributed by atoms with E-state index in [-0.39, 0.29) is 11.9 Å². The van der Waals surface area contributed by atoms with Crippen LogP contribution in [0.4, 0.5) is 0 Å². The van der Waals surface area contributed by atoms with Gasteiger partial charge in [-0.3, -0.25) is 9.69 Å². The Bertz CT molecular complexity index is 649. The van der Waals surface area contributed by atoms with Crippen LogP contribution in [0.15, 0.2) is 54.6 Å². The molecule has 1 fully saturated rings. The van der Waals surface area contributed by atoms with E-state index in [2.05, 4.69) is 41.4 Å². The Balaban J connectivity index is 1.72. The van der Waals surface area contributed by atoms with Gasteiger partial charge >= 0.3 is 0 Å². The second-order valence-electron chi connectivity index (χ2n) is 6.15. The Morgan fingerprint density at radius 2 is 1.75 bits per heavy atom. The molecule has 1 aliphatic rings. The van der Waals surface area contributed by atoms with Crippen molar-refractivity contribution in [2.45, 2.75) is 13.0 Å². The van der Waals surface area contributed by atoms with Gasteiger partial charge in [-0.1, -0.05) is 48.0 Å². The topological polar surface area (TPSA) is 41.6 Å². The van der Waals surface area contributed by atoms with Gasteiger partial charge in [-0.05, 0) is 24.6 Å². The first-order valence-electron chi connectivity index (χ1n) is 8.45. The summed E-state index contributed by atoms with van der Waals surface area (Å²) in [4.78, 5) is 14.8. The molecule has 24 heavy (non-hydrogen) atoms. The quantitative estimate of drug-likeness (QED) is 0.919. The summed E-state index contributed by atoms with van der Waals surface area (Å²) in [5.41, 5.74) is 3.17. The molecule has 0 unspecified atom stereocenters. The lowest BCUT2D eigenvalue weighted by Gasteiger charge is -2.35. The summed E-state index contributed by atoms with van der Waals surface area (Å²) in [6, 6.07) is 18.1. The molecule has 1 heterocycles. The largest absolute Gasteiger partial charge is 0.379 e. The third kappa shape index (κ3) is 4.22. The summed E-state index contributed by atoms with van der Waals surface area (Å²) in [5.74, 6) is -0.0269. The van der Waals surface area contributed by atoms with Gasteiger partial charge in [0.1, 0.15) is 0 Å². The smallest absolute Gasteiger partial charge is 0.251 e. The van der Waals surface area contributed by atoms with Crippen LogP contribution in [-0.2, 0) is 4.74 Å². The van der Waals surface area contributed by atoms with E-state index in [0.717, 1.165) is 26.3 Å². The monoisotopic (exact) mass is 324 g/mol. The zero-order valence-electron chi connectivity index (χ0n) is 14.1. The van der Waals surface area contributed by atoms with Gasteiger partial charge in [-0.15, -0.1) is 0 Å². The van der Waals surface area contributed by atoms with Crippen LogP contribution in [0.3, 0.4) is 0 Å². The highest BCUT2D eigenvalue weighted by Crippen LogP contribution is 2.22. The van der Waals surface area contributed by atoms with Crippen molar-refractivity contribution in [2.75, 3.05) is 32.8 Å². The number of benzene rings is 2. The van der Waals surface area contributed by atoms with Crippen molar-refractivity contribution in [2.24, 2.45) is 0 Å². The van der Waals surface area contributed by atoms with Crippen LogP contribution in [0, 0.1) is 6.92 Å². The molecule has 4 nitrogen and oxygen atoms in total. The minimum Gasteiger partial charge on any atom is -0.379 e. The molecular weight excluding hydrogens is 300 g/mol. The third-order valence-corrected chi connectivity index (χ3v) is 4.44. The van der Waals surface area contributed by atoms with Gasteiger partial charge in [-0.2, -0.15) is 0 Å². The highest BCUT2D eigenvalue weighted by molar-refractivity contribution is 5.94. The zero-order valence-corrected chi connectivity index (χ0v) is 14.1. The number of carbonyl (C=O) groups excluding carboxylic acids is 1. The van der Waals surface area contributed by atoms with Crippen LogP contribution in [0.2, 0.25) is 0 Å². The number of nitrogens with zero attached hydrogens (tertiary/aromatic N) is 1. The number of morpholine rings is 1. The fourth-order valence-electron chi connectivity index (χ4n) is 3.02. The molecule has 1 aliphatic heterocycles. The summed E-state index contributed by atoms with van der Waals surface area (Å²) in [6.45, 7) is 5.95. The summed E-state index contributed by atoms with van der Waals surface area (Å²) in [7, 11) is 0. The Hall–Kier alpha value is -2.17. The molecule has 0 aromatic heterocycles. The van der Waals surface area contributed by atoms with Gasteiger partial charge in [0.25, 0.3) is 5.91 Å². The number of aryl methyl sites for hydroxylation is 1. The molecule has 1 amide bonds. The van der Waals surface area contributed by atoms with E-state index >= 15 is 0 Å². The summed E-state index contributed by atoms with van der Waals surface area (Å²) >= 11 is 0. The minimum absolute atomic E-state index is 0.0269. The molecule has 0 aliphatic carbocycles. The van der Waals surface area contributed by atoms with Crippen LogP contribution in [0.1, 0.15) is 27.5 Å². The Morgan fingerprint density at radius 3 is 2.42 bits per heavy atom. The maximum Gasteiger partial charge on any atom is 0.251 e. The number of ether oxygens (including phenoxy) is 1. The lowest BCUT2D eigenvalue weighted by Crippen LogP contribution is -2.43. The number of carbonyl (C=O) groups is 1. The van der Waals surface area contributed by atoms with Crippen molar-refractivity contribution < 1.29 is 9.53 Å². The zero-order chi connectivity index (χ0) is 16.8. The van der Waals surface area contributed by atoms with E-state index in [1.807, 2.05) is 30.3 Å². The molecule has 3 rings (SSSR count). The molecule has 0 bridgehead atoms. The van der Waals surface area contributed by atoms with Crippen LogP contribution in [0.5, 0.6) is 0 Å². The molecule has 4 heteroatoms. The molecule has 2 aromatic rings. The SMILES string of the molecule is Cc1ccc([C@@H](CNC(=O)c2ccccc2)N2CCOCC2)cc1. The van der Waals surface area contributed by atoms with Crippen molar-refractivity contribution in [1.29, 1.82) is 0 Å². The normalized spacial score (nSPS) is 16.5. The Labute approximate surface area is 143 Å². The van der Waals surface area contributed by atoms with Crippen molar-refractivity contribution in [3.05, 3.63) is 71.3 Å². The fraction of sp³-hybridized carbons (Fsp3) is 0.350. The number of amides is 1. The molecule has 0 saturated carbocycles. The van der Waals surface area contributed by atoms with Crippen molar-refractivity contribution in [3.8, 4) is 0 Å². The number of hydrogen-bond acceptors (Lipinski definition) is 3. The van der Waals surface area contributed by atoms with Gasteiger partial charge in [-0.25, -0.2) is 0 Å². The number of rotatable bonds is 5. The van der Waals surface area contributed by atoms with Crippen LogP contribution >= 0.6 is 0 Å². The van der Waals surface area contributed by atoms with Crippen molar-refractivity contribution >= 4 is 5.91 Å². The highest BCUT2D eigenvalue weighted by Gasteiger charge is 2.23. The van der Waals surface area contributed by atoms with Gasteiger partial charge in [0.05, 0.1) is 19.3 Å². The molecule has 0 spiro atoms. The molecule has 2 aromatic carbocycles.